The van der Waals surface area contributed by atoms with E-state index in [9.17, 15) is 4.79 Å². The predicted molar refractivity (Wildman–Crippen MR) is 81.0 cm³/mol. The molecule has 2 aromatic rings. The van der Waals surface area contributed by atoms with Gasteiger partial charge in [-0.2, -0.15) is 0 Å². The first-order valence-corrected chi connectivity index (χ1v) is 7.18. The molecule has 0 amide bonds. The molecule has 1 aromatic heterocycles. The summed E-state index contributed by atoms with van der Waals surface area (Å²) in [6, 6.07) is 10.6. The van der Waals surface area contributed by atoms with Crippen LogP contribution in [0, 0.1) is 0 Å². The van der Waals surface area contributed by atoms with Crippen molar-refractivity contribution in [1.29, 1.82) is 0 Å². The Labute approximate surface area is 126 Å². The number of anilines is 1. The highest BCUT2D eigenvalue weighted by molar-refractivity contribution is 7.98. The summed E-state index contributed by atoms with van der Waals surface area (Å²) < 4.78 is 4.64. The van der Waals surface area contributed by atoms with Crippen LogP contribution >= 0.6 is 23.4 Å². The number of nitrogens with two attached hydrogens (primary N) is 1. The maximum atomic E-state index is 11.4. The Morgan fingerprint density at radius 1 is 1.40 bits per heavy atom. The van der Waals surface area contributed by atoms with Crippen molar-refractivity contribution in [3.05, 3.63) is 52.8 Å². The highest BCUT2D eigenvalue weighted by Crippen LogP contribution is 2.31. The number of rotatable bonds is 4. The lowest BCUT2D eigenvalue weighted by Gasteiger charge is -2.06. The van der Waals surface area contributed by atoms with E-state index in [1.54, 1.807) is 24.3 Å². The molecule has 4 nitrogen and oxygen atoms in total. The van der Waals surface area contributed by atoms with Crippen molar-refractivity contribution in [2.75, 3.05) is 12.8 Å². The summed E-state index contributed by atoms with van der Waals surface area (Å²) >= 11 is 7.61. The fourth-order valence-electron chi connectivity index (χ4n) is 1.56. The molecule has 0 atom stereocenters. The third-order valence-corrected chi connectivity index (χ3v) is 4.06. The average molecular weight is 309 g/mol. The highest BCUT2D eigenvalue weighted by Gasteiger charge is 2.08. The molecule has 1 aromatic carbocycles. The van der Waals surface area contributed by atoms with Gasteiger partial charge in [-0.25, -0.2) is 9.78 Å². The smallest absolute Gasteiger partial charge is 0.356 e. The van der Waals surface area contributed by atoms with E-state index in [2.05, 4.69) is 9.72 Å². The molecule has 0 unspecified atom stereocenters. The van der Waals surface area contributed by atoms with E-state index in [1.807, 2.05) is 12.1 Å². The predicted octanol–water partition coefficient (Wildman–Crippen LogP) is 3.40. The molecule has 2 N–H and O–H groups in total. The molecule has 0 radical (unpaired) electrons. The van der Waals surface area contributed by atoms with Gasteiger partial charge in [-0.05, 0) is 30.3 Å². The molecule has 0 saturated carbocycles. The molecule has 0 aliphatic carbocycles. The maximum Gasteiger partial charge on any atom is 0.356 e. The minimum absolute atomic E-state index is 0.296. The number of nitrogen functional groups attached to an aromatic ring is 1. The number of hydrogen-bond acceptors (Lipinski definition) is 5. The van der Waals surface area contributed by atoms with Crippen LogP contribution in [0.5, 0.6) is 0 Å². The average Bonchev–Trinajstić information content (AvgIpc) is 2.47. The summed E-state index contributed by atoms with van der Waals surface area (Å²) in [5, 5.41) is 0.647. The molecule has 6 heteroatoms. The van der Waals surface area contributed by atoms with Gasteiger partial charge in [0, 0.05) is 16.3 Å². The Morgan fingerprint density at radius 2 is 2.20 bits per heavy atom. The number of carbonyl (C=O) groups is 1. The van der Waals surface area contributed by atoms with Crippen molar-refractivity contribution in [3.8, 4) is 0 Å². The maximum absolute atomic E-state index is 11.4. The van der Waals surface area contributed by atoms with E-state index in [4.69, 9.17) is 17.3 Å². The standard InChI is InChI=1S/C14H13ClN2O2S/c1-19-14(18)12-4-2-3-10(17-12)8-20-13-7-9(16)5-6-11(13)15/h2-7H,8,16H2,1H3. The number of halogens is 1. The molecular weight excluding hydrogens is 296 g/mol. The molecule has 0 spiro atoms. The number of carbonyl (C=O) groups excluding carboxylic acids is 1. The molecular formula is C14H13ClN2O2S. The monoisotopic (exact) mass is 308 g/mol. The molecule has 20 heavy (non-hydrogen) atoms. The van der Waals surface area contributed by atoms with Gasteiger partial charge in [0.25, 0.3) is 0 Å². The lowest BCUT2D eigenvalue weighted by molar-refractivity contribution is 0.0594. The zero-order valence-corrected chi connectivity index (χ0v) is 12.4. The number of thioether (sulfide) groups is 1. The summed E-state index contributed by atoms with van der Waals surface area (Å²) in [4.78, 5) is 16.5. The molecule has 0 aliphatic rings. The fourth-order valence-corrected chi connectivity index (χ4v) is 2.73. The van der Waals surface area contributed by atoms with Gasteiger partial charge in [-0.1, -0.05) is 17.7 Å². The van der Waals surface area contributed by atoms with Crippen molar-refractivity contribution >= 4 is 35.0 Å². The zero-order valence-electron chi connectivity index (χ0n) is 10.8. The quantitative estimate of drug-likeness (QED) is 0.533. The van der Waals surface area contributed by atoms with Gasteiger partial charge in [-0.3, -0.25) is 0 Å². The van der Waals surface area contributed by atoms with Crippen molar-refractivity contribution in [1.82, 2.24) is 4.98 Å². The number of hydrogen-bond donors (Lipinski definition) is 1. The first-order valence-electron chi connectivity index (χ1n) is 5.82. The SMILES string of the molecule is COC(=O)c1cccc(CSc2cc(N)ccc2Cl)n1. The number of esters is 1. The van der Waals surface area contributed by atoms with E-state index in [1.165, 1.54) is 18.9 Å². The molecule has 0 fully saturated rings. The van der Waals surface area contributed by atoms with E-state index < -0.39 is 5.97 Å². The van der Waals surface area contributed by atoms with E-state index in [0.717, 1.165) is 10.6 Å². The van der Waals surface area contributed by atoms with Gasteiger partial charge in [0.05, 0.1) is 17.8 Å². The van der Waals surface area contributed by atoms with Crippen LogP contribution in [-0.2, 0) is 10.5 Å². The van der Waals surface area contributed by atoms with Crippen molar-refractivity contribution in [2.45, 2.75) is 10.6 Å². The highest BCUT2D eigenvalue weighted by atomic mass is 35.5. The molecule has 0 saturated heterocycles. The minimum Gasteiger partial charge on any atom is -0.464 e. The summed E-state index contributed by atoms with van der Waals surface area (Å²) in [5.41, 5.74) is 7.46. The first kappa shape index (κ1) is 14.7. The number of aromatic nitrogens is 1. The number of pyridine rings is 1. The molecule has 1 heterocycles. The fraction of sp³-hybridized carbons (Fsp3) is 0.143. The van der Waals surface area contributed by atoms with Crippen LogP contribution in [0.3, 0.4) is 0 Å². The third-order valence-electron chi connectivity index (χ3n) is 2.53. The summed E-state index contributed by atoms with van der Waals surface area (Å²) in [7, 11) is 1.33. The summed E-state index contributed by atoms with van der Waals surface area (Å²) in [6.07, 6.45) is 0. The van der Waals surface area contributed by atoms with Crippen LogP contribution in [0.15, 0.2) is 41.3 Å². The second-order valence-corrected chi connectivity index (χ2v) is 5.41. The Kier molecular flexibility index (Phi) is 4.87. The second kappa shape index (κ2) is 6.63. The first-order chi connectivity index (χ1) is 9.60. The van der Waals surface area contributed by atoms with E-state index in [-0.39, 0.29) is 0 Å². The van der Waals surface area contributed by atoms with Crippen LogP contribution in [-0.4, -0.2) is 18.1 Å². The molecule has 0 aliphatic heterocycles. The van der Waals surface area contributed by atoms with E-state index >= 15 is 0 Å². The zero-order chi connectivity index (χ0) is 14.5. The largest absolute Gasteiger partial charge is 0.464 e. The number of ether oxygens (including phenoxy) is 1. The lowest BCUT2D eigenvalue weighted by Crippen LogP contribution is -2.05. The van der Waals surface area contributed by atoms with Crippen LogP contribution in [0.25, 0.3) is 0 Å². The number of methoxy groups -OCH3 is 1. The van der Waals surface area contributed by atoms with Crippen LogP contribution in [0.1, 0.15) is 16.2 Å². The normalized spacial score (nSPS) is 10.3. The minimum atomic E-state index is -0.446. The Bertz CT molecular complexity index is 634. The Hall–Kier alpha value is -1.72. The lowest BCUT2D eigenvalue weighted by atomic mass is 10.3. The van der Waals surface area contributed by atoms with Crippen LogP contribution in [0.4, 0.5) is 5.69 Å². The van der Waals surface area contributed by atoms with Gasteiger partial charge in [0.2, 0.25) is 0 Å². The Balaban J connectivity index is 2.11. The Morgan fingerprint density at radius 3 is 2.95 bits per heavy atom. The number of benzene rings is 1. The van der Waals surface area contributed by atoms with Crippen molar-refractivity contribution in [2.24, 2.45) is 0 Å². The summed E-state index contributed by atoms with van der Waals surface area (Å²) in [5.74, 6) is 0.146. The number of nitrogens with zero attached hydrogens (tertiary/aromatic N) is 1. The van der Waals surface area contributed by atoms with Crippen LogP contribution < -0.4 is 5.73 Å². The van der Waals surface area contributed by atoms with E-state index in [0.29, 0.717) is 22.2 Å². The van der Waals surface area contributed by atoms with Gasteiger partial charge >= 0.3 is 5.97 Å². The van der Waals surface area contributed by atoms with Crippen molar-refractivity contribution < 1.29 is 9.53 Å². The topological polar surface area (TPSA) is 65.2 Å². The van der Waals surface area contributed by atoms with Gasteiger partial charge in [0.15, 0.2) is 0 Å². The van der Waals surface area contributed by atoms with Gasteiger partial charge < -0.3 is 10.5 Å². The van der Waals surface area contributed by atoms with Crippen molar-refractivity contribution in [3.63, 3.8) is 0 Å². The van der Waals surface area contributed by atoms with Crippen LogP contribution in [0.2, 0.25) is 5.02 Å². The molecule has 2 rings (SSSR count). The molecule has 0 bridgehead atoms. The third kappa shape index (κ3) is 3.65. The van der Waals surface area contributed by atoms with Gasteiger partial charge in [-0.15, -0.1) is 11.8 Å². The summed E-state index contributed by atoms with van der Waals surface area (Å²) in [6.45, 7) is 0. The van der Waals surface area contributed by atoms with Gasteiger partial charge in [0.1, 0.15) is 5.69 Å². The molecule has 104 valence electrons. The second-order valence-electron chi connectivity index (χ2n) is 3.98.